The second kappa shape index (κ2) is 11.0. The summed E-state index contributed by atoms with van der Waals surface area (Å²) in [6, 6.07) is 13.1. The number of aliphatic imine (C=N–C) groups is 1. The Labute approximate surface area is 178 Å². The van der Waals surface area contributed by atoms with Crippen LogP contribution in [0.4, 0.5) is 25.8 Å². The first-order valence-corrected chi connectivity index (χ1v) is 9.10. The van der Waals surface area contributed by atoms with Crippen LogP contribution in [0.3, 0.4) is 0 Å². The highest BCUT2D eigenvalue weighted by Gasteiger charge is 2.18. The summed E-state index contributed by atoms with van der Waals surface area (Å²) in [5.74, 6) is 0.699. The third-order valence-corrected chi connectivity index (χ3v) is 3.86. The van der Waals surface area contributed by atoms with Gasteiger partial charge in [0.1, 0.15) is 11.5 Å². The molecule has 4 N–H and O–H groups in total. The average molecular weight is 429 g/mol. The molecule has 0 bridgehead atoms. The van der Waals surface area contributed by atoms with Crippen molar-refractivity contribution >= 4 is 35.6 Å². The van der Waals surface area contributed by atoms with Crippen molar-refractivity contribution in [1.29, 1.82) is 0 Å². The molecule has 0 heterocycles. The molecule has 0 fully saturated rings. The monoisotopic (exact) mass is 429 g/mol. The summed E-state index contributed by atoms with van der Waals surface area (Å²) in [4.78, 5) is 40.1. The second-order valence-electron chi connectivity index (χ2n) is 5.85. The number of guanidine groups is 1. The van der Waals surface area contributed by atoms with Gasteiger partial charge in [0.15, 0.2) is 0 Å². The molecule has 11 nitrogen and oxygen atoms in total. The Morgan fingerprint density at radius 2 is 1.74 bits per heavy atom. The summed E-state index contributed by atoms with van der Waals surface area (Å²) >= 11 is 0. The van der Waals surface area contributed by atoms with Crippen molar-refractivity contribution in [2.75, 3.05) is 31.0 Å². The number of hydrogen-bond acceptors (Lipinski definition) is 6. The number of carbonyl (C=O) groups excluding carboxylic acids is 3. The smallest absolute Gasteiger partial charge is 0.436 e. The first-order valence-electron chi connectivity index (χ1n) is 9.10. The molecule has 11 heteroatoms. The highest BCUT2D eigenvalue weighted by Crippen LogP contribution is 2.32. The first-order chi connectivity index (χ1) is 14.9. The molecule has 2 rings (SSSR count). The lowest BCUT2D eigenvalue weighted by Gasteiger charge is -2.23. The lowest BCUT2D eigenvalue weighted by Crippen LogP contribution is -2.39. The predicted octanol–water partition coefficient (Wildman–Crippen LogP) is 3.27. The van der Waals surface area contributed by atoms with Crippen molar-refractivity contribution < 1.29 is 28.6 Å². The van der Waals surface area contributed by atoms with Gasteiger partial charge in [-0.25, -0.2) is 14.4 Å². The summed E-state index contributed by atoms with van der Waals surface area (Å²) in [7, 11) is 2.28. The molecule has 164 valence electrons. The number of urea groups is 1. The summed E-state index contributed by atoms with van der Waals surface area (Å²) in [5, 5.41) is 5.05. The zero-order valence-electron chi connectivity index (χ0n) is 17.2. The van der Waals surface area contributed by atoms with Crippen LogP contribution in [0, 0.1) is 0 Å². The van der Waals surface area contributed by atoms with E-state index >= 15 is 0 Å². The molecule has 0 aliphatic rings. The lowest BCUT2D eigenvalue weighted by atomic mass is 10.2. The zero-order valence-corrected chi connectivity index (χ0v) is 17.2. The Morgan fingerprint density at radius 1 is 1.03 bits per heavy atom. The van der Waals surface area contributed by atoms with E-state index in [0.717, 1.165) is 14.2 Å². The van der Waals surface area contributed by atoms with Gasteiger partial charge in [-0.2, -0.15) is 0 Å². The van der Waals surface area contributed by atoms with Gasteiger partial charge in [-0.15, -0.1) is 4.99 Å². The molecule has 0 aromatic heterocycles. The van der Waals surface area contributed by atoms with Crippen molar-refractivity contribution in [3.8, 4) is 11.5 Å². The number of nitrogens with two attached hydrogens (primary N) is 1. The fraction of sp³-hybridized carbons (Fsp3) is 0.200. The van der Waals surface area contributed by atoms with Crippen LogP contribution >= 0.6 is 0 Å². The van der Waals surface area contributed by atoms with E-state index in [2.05, 4.69) is 25.1 Å². The number of ether oxygens (including phenoxy) is 3. The number of alkyl carbamates (subject to hydrolysis) is 1. The SMILES string of the molecule is CCN(C(N)=O)c1ccc(Oc2ccccc2)cc1NC(=NC(=O)OC)NC(=O)OC. The van der Waals surface area contributed by atoms with E-state index in [9.17, 15) is 14.4 Å². The van der Waals surface area contributed by atoms with Crippen LogP contribution in [0.1, 0.15) is 6.92 Å². The Balaban J connectivity index is 2.48. The minimum atomic E-state index is -0.973. The van der Waals surface area contributed by atoms with Crippen LogP contribution in [0.5, 0.6) is 11.5 Å². The van der Waals surface area contributed by atoms with Gasteiger partial charge in [-0.3, -0.25) is 10.2 Å². The summed E-state index contributed by atoms with van der Waals surface area (Å²) < 4.78 is 14.9. The molecule has 0 unspecified atom stereocenters. The number of primary amides is 1. The van der Waals surface area contributed by atoms with E-state index in [1.165, 1.54) is 4.90 Å². The fourth-order valence-corrected chi connectivity index (χ4v) is 2.48. The van der Waals surface area contributed by atoms with Gasteiger partial charge in [0.25, 0.3) is 0 Å². The number of amides is 4. The van der Waals surface area contributed by atoms with Gasteiger partial charge in [0.05, 0.1) is 25.6 Å². The van der Waals surface area contributed by atoms with Gasteiger partial charge in [-0.05, 0) is 31.2 Å². The molecule has 0 aliphatic heterocycles. The van der Waals surface area contributed by atoms with Crippen molar-refractivity contribution in [1.82, 2.24) is 5.32 Å². The van der Waals surface area contributed by atoms with Crippen LogP contribution in [0.2, 0.25) is 0 Å². The number of benzene rings is 2. The largest absolute Gasteiger partial charge is 0.457 e. The van der Waals surface area contributed by atoms with E-state index in [1.54, 1.807) is 37.3 Å². The zero-order chi connectivity index (χ0) is 22.8. The number of hydrogen-bond donors (Lipinski definition) is 3. The molecule has 2 aromatic carbocycles. The summed E-state index contributed by atoms with van der Waals surface area (Å²) in [6.45, 7) is 2.00. The fourth-order valence-electron chi connectivity index (χ4n) is 2.48. The van der Waals surface area contributed by atoms with E-state index in [1.807, 2.05) is 18.2 Å². The summed E-state index contributed by atoms with van der Waals surface area (Å²) in [5.41, 5.74) is 6.11. The molecular weight excluding hydrogens is 406 g/mol. The molecule has 4 amide bonds. The minimum Gasteiger partial charge on any atom is -0.457 e. The normalized spacial score (nSPS) is 10.6. The highest BCUT2D eigenvalue weighted by atomic mass is 16.5. The lowest BCUT2D eigenvalue weighted by molar-refractivity contribution is 0.176. The van der Waals surface area contributed by atoms with Gasteiger partial charge in [0, 0.05) is 12.6 Å². The quantitative estimate of drug-likeness (QED) is 0.488. The molecule has 0 aliphatic carbocycles. The Hall–Kier alpha value is -4.28. The molecule has 0 spiro atoms. The third kappa shape index (κ3) is 6.63. The van der Waals surface area contributed by atoms with Gasteiger partial charge in [0.2, 0.25) is 5.96 Å². The van der Waals surface area contributed by atoms with Crippen molar-refractivity contribution in [3.05, 3.63) is 48.5 Å². The number of para-hydroxylation sites is 1. The number of nitrogens with zero attached hydrogens (tertiary/aromatic N) is 2. The van der Waals surface area contributed by atoms with Gasteiger partial charge < -0.3 is 25.3 Å². The van der Waals surface area contributed by atoms with E-state index < -0.39 is 18.2 Å². The maximum Gasteiger partial charge on any atom is 0.436 e. The molecule has 31 heavy (non-hydrogen) atoms. The molecule has 0 radical (unpaired) electrons. The molecule has 0 atom stereocenters. The number of carbonyl (C=O) groups is 3. The Bertz CT molecular complexity index is 964. The molecule has 0 saturated heterocycles. The van der Waals surface area contributed by atoms with Crippen molar-refractivity contribution in [2.24, 2.45) is 10.7 Å². The molecule has 0 saturated carbocycles. The van der Waals surface area contributed by atoms with E-state index in [0.29, 0.717) is 17.2 Å². The average Bonchev–Trinajstić information content (AvgIpc) is 2.75. The Morgan fingerprint density at radius 3 is 2.32 bits per heavy atom. The number of anilines is 2. The Kier molecular flexibility index (Phi) is 8.20. The third-order valence-electron chi connectivity index (χ3n) is 3.86. The van der Waals surface area contributed by atoms with E-state index in [-0.39, 0.29) is 18.2 Å². The van der Waals surface area contributed by atoms with Gasteiger partial charge >= 0.3 is 18.2 Å². The second-order valence-corrected chi connectivity index (χ2v) is 5.85. The summed E-state index contributed by atoms with van der Waals surface area (Å²) in [6.07, 6.45) is -1.85. The topological polar surface area (TPSA) is 145 Å². The predicted molar refractivity (Wildman–Crippen MR) is 115 cm³/mol. The number of nitrogens with one attached hydrogen (secondary N) is 2. The molecule has 2 aromatic rings. The molecular formula is C20H23N5O6. The first kappa shape index (κ1) is 23.0. The standard InChI is InChI=1S/C20H23N5O6/c1-4-25(17(21)26)16-11-10-14(31-13-8-6-5-7-9-13)12-15(16)22-18(23-19(27)29-2)24-20(28)30-3/h5-12H,4H2,1-3H3,(H2,21,26)(H2,22,23,24,27,28). The number of rotatable bonds is 5. The van der Waals surface area contributed by atoms with Gasteiger partial charge in [-0.1, -0.05) is 18.2 Å². The maximum atomic E-state index is 11.9. The van der Waals surface area contributed by atoms with Crippen LogP contribution in [-0.2, 0) is 9.47 Å². The van der Waals surface area contributed by atoms with E-state index in [4.69, 9.17) is 10.5 Å². The maximum absolute atomic E-state index is 11.9. The minimum absolute atomic E-state index is 0.261. The van der Waals surface area contributed by atoms with Crippen molar-refractivity contribution in [3.63, 3.8) is 0 Å². The number of methoxy groups -OCH3 is 2. The van der Waals surface area contributed by atoms with Crippen LogP contribution < -0.4 is 26.0 Å². The van der Waals surface area contributed by atoms with Crippen LogP contribution in [0.15, 0.2) is 53.5 Å². The van der Waals surface area contributed by atoms with Crippen LogP contribution in [0.25, 0.3) is 0 Å². The highest BCUT2D eigenvalue weighted by molar-refractivity contribution is 6.08. The van der Waals surface area contributed by atoms with Crippen LogP contribution in [-0.4, -0.2) is 44.9 Å². The van der Waals surface area contributed by atoms with Crippen molar-refractivity contribution in [2.45, 2.75) is 6.92 Å².